The molecule has 2 aromatic carbocycles. The molecule has 5 heteroatoms. The lowest BCUT2D eigenvalue weighted by Crippen LogP contribution is -2.05. The Kier molecular flexibility index (Phi) is 6.06. The van der Waals surface area contributed by atoms with E-state index in [9.17, 15) is 4.39 Å². The number of rotatable bonds is 6. The van der Waals surface area contributed by atoms with E-state index in [1.165, 1.54) is 6.07 Å². The topological polar surface area (TPSA) is 21.3 Å². The quantitative estimate of drug-likeness (QED) is 0.647. The largest absolute Gasteiger partial charge is 0.493 e. The summed E-state index contributed by atoms with van der Waals surface area (Å²) in [6.45, 7) is 3.22. The minimum absolute atomic E-state index is 0.274. The van der Waals surface area contributed by atoms with Gasteiger partial charge in [0.25, 0.3) is 0 Å². The molecule has 0 aliphatic rings. The van der Waals surface area contributed by atoms with Gasteiger partial charge in [0, 0.05) is 21.1 Å². The first-order chi connectivity index (χ1) is 10.1. The van der Waals surface area contributed by atoms with E-state index < -0.39 is 0 Å². The first kappa shape index (κ1) is 16.3. The average molecular weight is 417 g/mol. The summed E-state index contributed by atoms with van der Waals surface area (Å²) in [7, 11) is 0. The molecule has 2 aromatic rings. The number of hydrogen-bond donors (Lipinski definition) is 1. The number of hydrogen-bond acceptors (Lipinski definition) is 2. The van der Waals surface area contributed by atoms with Gasteiger partial charge in [-0.05, 0) is 42.8 Å². The van der Waals surface area contributed by atoms with Gasteiger partial charge in [0.15, 0.2) is 0 Å². The van der Waals surface area contributed by atoms with Crippen molar-refractivity contribution >= 4 is 37.5 Å². The minimum atomic E-state index is -0.274. The first-order valence-electron chi connectivity index (χ1n) is 6.70. The van der Waals surface area contributed by atoms with E-state index in [2.05, 4.69) is 44.1 Å². The first-order valence-corrected chi connectivity index (χ1v) is 8.29. The van der Waals surface area contributed by atoms with Gasteiger partial charge in [-0.25, -0.2) is 4.39 Å². The zero-order chi connectivity index (χ0) is 15.2. The number of nitrogens with one attached hydrogen (secondary N) is 1. The van der Waals surface area contributed by atoms with Crippen LogP contribution in [-0.4, -0.2) is 6.61 Å². The summed E-state index contributed by atoms with van der Waals surface area (Å²) in [5.41, 5.74) is 1.45. The van der Waals surface area contributed by atoms with Crippen LogP contribution in [0.4, 0.5) is 10.1 Å². The SMILES string of the molecule is CCCOc1ccc(Br)cc1CNc1cc(Br)ccc1F. The molecule has 112 valence electrons. The van der Waals surface area contributed by atoms with Crippen LogP contribution in [0, 0.1) is 5.82 Å². The summed E-state index contributed by atoms with van der Waals surface area (Å²) in [5.74, 6) is 0.548. The second kappa shape index (κ2) is 7.80. The smallest absolute Gasteiger partial charge is 0.146 e. The lowest BCUT2D eigenvalue weighted by molar-refractivity contribution is 0.314. The van der Waals surface area contributed by atoms with Gasteiger partial charge in [-0.15, -0.1) is 0 Å². The van der Waals surface area contributed by atoms with Crippen LogP contribution < -0.4 is 10.1 Å². The molecule has 0 radical (unpaired) electrons. The van der Waals surface area contributed by atoms with Crippen LogP contribution in [0.3, 0.4) is 0 Å². The summed E-state index contributed by atoms with van der Waals surface area (Å²) in [6, 6.07) is 10.7. The number of anilines is 1. The summed E-state index contributed by atoms with van der Waals surface area (Å²) in [5, 5.41) is 3.11. The van der Waals surface area contributed by atoms with E-state index >= 15 is 0 Å². The molecule has 21 heavy (non-hydrogen) atoms. The molecule has 0 aliphatic heterocycles. The average Bonchev–Trinajstić information content (AvgIpc) is 2.47. The van der Waals surface area contributed by atoms with Gasteiger partial charge >= 0.3 is 0 Å². The van der Waals surface area contributed by atoms with Crippen molar-refractivity contribution in [1.82, 2.24) is 0 Å². The molecule has 0 amide bonds. The van der Waals surface area contributed by atoms with Crippen molar-refractivity contribution in [3.8, 4) is 5.75 Å². The Labute approximate surface area is 141 Å². The van der Waals surface area contributed by atoms with Gasteiger partial charge in [0.05, 0.1) is 12.3 Å². The van der Waals surface area contributed by atoms with E-state index in [-0.39, 0.29) is 5.82 Å². The third-order valence-corrected chi connectivity index (χ3v) is 3.87. The van der Waals surface area contributed by atoms with Gasteiger partial charge in [0.1, 0.15) is 11.6 Å². The Balaban J connectivity index is 2.14. The lowest BCUT2D eigenvalue weighted by atomic mass is 10.2. The van der Waals surface area contributed by atoms with Crippen molar-refractivity contribution in [2.75, 3.05) is 11.9 Å². The highest BCUT2D eigenvalue weighted by atomic mass is 79.9. The predicted molar refractivity (Wildman–Crippen MR) is 91.4 cm³/mol. The fourth-order valence-corrected chi connectivity index (χ4v) is 2.63. The highest BCUT2D eigenvalue weighted by molar-refractivity contribution is 9.10. The summed E-state index contributed by atoms with van der Waals surface area (Å²) in [4.78, 5) is 0. The van der Waals surface area contributed by atoms with Crippen LogP contribution >= 0.6 is 31.9 Å². The Morgan fingerprint density at radius 1 is 1.10 bits per heavy atom. The predicted octanol–water partition coefficient (Wildman–Crippen LogP) is 5.75. The van der Waals surface area contributed by atoms with Crippen molar-refractivity contribution in [3.05, 3.63) is 56.7 Å². The molecule has 0 saturated carbocycles. The lowest BCUT2D eigenvalue weighted by Gasteiger charge is -2.13. The molecule has 2 nitrogen and oxygen atoms in total. The fourth-order valence-electron chi connectivity index (χ4n) is 1.86. The van der Waals surface area contributed by atoms with Crippen LogP contribution in [0.5, 0.6) is 5.75 Å². The van der Waals surface area contributed by atoms with E-state index in [0.717, 1.165) is 26.7 Å². The van der Waals surface area contributed by atoms with Crippen molar-refractivity contribution < 1.29 is 9.13 Å². The Morgan fingerprint density at radius 3 is 2.57 bits per heavy atom. The highest BCUT2D eigenvalue weighted by Crippen LogP contribution is 2.26. The molecule has 1 N–H and O–H groups in total. The number of ether oxygens (including phenoxy) is 1. The van der Waals surface area contributed by atoms with Crippen LogP contribution in [-0.2, 0) is 6.54 Å². The third-order valence-electron chi connectivity index (χ3n) is 2.88. The van der Waals surface area contributed by atoms with E-state index in [4.69, 9.17) is 4.74 Å². The molecular formula is C16H16Br2FNO. The number of benzene rings is 2. The van der Waals surface area contributed by atoms with E-state index in [1.54, 1.807) is 12.1 Å². The summed E-state index contributed by atoms with van der Waals surface area (Å²) >= 11 is 6.80. The standard InChI is InChI=1S/C16H16Br2FNO/c1-2-7-21-16-6-4-12(17)8-11(16)10-20-15-9-13(18)3-5-14(15)19/h3-6,8-9,20H,2,7,10H2,1H3. The van der Waals surface area contributed by atoms with Crippen molar-refractivity contribution in [1.29, 1.82) is 0 Å². The van der Waals surface area contributed by atoms with Crippen LogP contribution in [0.25, 0.3) is 0 Å². The van der Waals surface area contributed by atoms with E-state index in [0.29, 0.717) is 18.8 Å². The Bertz CT molecular complexity index is 619. The zero-order valence-corrected chi connectivity index (χ0v) is 14.8. The van der Waals surface area contributed by atoms with Crippen LogP contribution in [0.1, 0.15) is 18.9 Å². The second-order valence-electron chi connectivity index (χ2n) is 4.58. The molecule has 0 aliphatic carbocycles. The van der Waals surface area contributed by atoms with Crippen molar-refractivity contribution in [3.63, 3.8) is 0 Å². The molecule has 0 unspecified atom stereocenters. The zero-order valence-electron chi connectivity index (χ0n) is 11.6. The molecule has 0 atom stereocenters. The van der Waals surface area contributed by atoms with E-state index in [1.807, 2.05) is 18.2 Å². The molecule has 2 rings (SSSR count). The van der Waals surface area contributed by atoms with Gasteiger partial charge in [0.2, 0.25) is 0 Å². The second-order valence-corrected chi connectivity index (χ2v) is 6.41. The molecule has 0 heterocycles. The molecule has 0 bridgehead atoms. The number of halogens is 3. The molecule has 0 aromatic heterocycles. The monoisotopic (exact) mass is 415 g/mol. The molecule has 0 spiro atoms. The molecule has 0 saturated heterocycles. The van der Waals surface area contributed by atoms with Gasteiger partial charge in [-0.1, -0.05) is 38.8 Å². The normalized spacial score (nSPS) is 10.5. The highest BCUT2D eigenvalue weighted by Gasteiger charge is 2.07. The van der Waals surface area contributed by atoms with Crippen molar-refractivity contribution in [2.24, 2.45) is 0 Å². The maximum absolute atomic E-state index is 13.7. The maximum atomic E-state index is 13.7. The van der Waals surface area contributed by atoms with Crippen LogP contribution in [0.15, 0.2) is 45.3 Å². The van der Waals surface area contributed by atoms with Gasteiger partial charge in [-0.2, -0.15) is 0 Å². The molecule has 0 fully saturated rings. The summed E-state index contributed by atoms with van der Waals surface area (Å²) < 4.78 is 21.3. The van der Waals surface area contributed by atoms with Crippen LogP contribution in [0.2, 0.25) is 0 Å². The molecular weight excluding hydrogens is 401 g/mol. The van der Waals surface area contributed by atoms with Gasteiger partial charge in [-0.3, -0.25) is 0 Å². The summed E-state index contributed by atoms with van der Waals surface area (Å²) in [6.07, 6.45) is 0.948. The van der Waals surface area contributed by atoms with Crippen molar-refractivity contribution in [2.45, 2.75) is 19.9 Å². The Morgan fingerprint density at radius 2 is 1.81 bits per heavy atom. The maximum Gasteiger partial charge on any atom is 0.146 e. The Hall–Kier alpha value is -1.07. The fraction of sp³-hybridized carbons (Fsp3) is 0.250. The minimum Gasteiger partial charge on any atom is -0.493 e. The van der Waals surface area contributed by atoms with Gasteiger partial charge < -0.3 is 10.1 Å². The third kappa shape index (κ3) is 4.71.